The Balaban J connectivity index is 2.75. The zero-order valence-corrected chi connectivity index (χ0v) is 8.78. The van der Waals surface area contributed by atoms with Crippen molar-refractivity contribution >= 4 is 23.3 Å². The van der Waals surface area contributed by atoms with E-state index in [2.05, 4.69) is 10.4 Å². The van der Waals surface area contributed by atoms with Gasteiger partial charge in [0.15, 0.2) is 0 Å². The monoisotopic (exact) mass is 231 g/mol. The first-order valence-electron chi connectivity index (χ1n) is 4.20. The van der Waals surface area contributed by atoms with Crippen molar-refractivity contribution in [2.24, 2.45) is 7.05 Å². The van der Waals surface area contributed by atoms with Crippen molar-refractivity contribution in [1.29, 1.82) is 0 Å². The Hall–Kier alpha value is -1.56. The molecule has 7 heteroatoms. The molecule has 82 valence electrons. The van der Waals surface area contributed by atoms with Crippen LogP contribution < -0.4 is 10.9 Å². The first-order chi connectivity index (χ1) is 7.02. The Bertz CT molecular complexity index is 430. The molecule has 0 fully saturated rings. The van der Waals surface area contributed by atoms with Gasteiger partial charge in [0.2, 0.25) is 0 Å². The number of nitrogens with zero attached hydrogens (tertiary/aromatic N) is 2. The van der Waals surface area contributed by atoms with Crippen molar-refractivity contribution in [3.63, 3.8) is 0 Å². The molecule has 6 nitrogen and oxygen atoms in total. The van der Waals surface area contributed by atoms with Gasteiger partial charge >= 0.3 is 5.97 Å². The second-order valence-electron chi connectivity index (χ2n) is 2.87. The molecule has 1 rings (SSSR count). The van der Waals surface area contributed by atoms with E-state index in [9.17, 15) is 9.59 Å². The lowest BCUT2D eigenvalue weighted by atomic mass is 10.4. The van der Waals surface area contributed by atoms with E-state index in [1.807, 2.05) is 0 Å². The quantitative estimate of drug-likeness (QED) is 0.780. The average Bonchev–Trinajstić information content (AvgIpc) is 2.18. The number of carboxylic acid groups (broad SMARTS) is 1. The number of hydrogen-bond acceptors (Lipinski definition) is 4. The first kappa shape index (κ1) is 11.5. The van der Waals surface area contributed by atoms with Crippen LogP contribution in [-0.4, -0.2) is 27.4 Å². The summed E-state index contributed by atoms with van der Waals surface area (Å²) in [5.41, 5.74) is -0.0713. The van der Waals surface area contributed by atoms with Crippen LogP contribution in [0.25, 0.3) is 0 Å². The molecule has 0 saturated carbocycles. The fourth-order valence-corrected chi connectivity index (χ4v) is 1.18. The van der Waals surface area contributed by atoms with Gasteiger partial charge in [-0.1, -0.05) is 11.6 Å². The van der Waals surface area contributed by atoms with Gasteiger partial charge in [-0.15, -0.1) is 0 Å². The standard InChI is InChI=1S/C8H10ClN3O3/c1-12-8(15)7(9)5(4-11-12)10-3-2-6(13)14/h4,10H,2-3H2,1H3,(H,13,14). The maximum atomic E-state index is 11.3. The van der Waals surface area contributed by atoms with Crippen LogP contribution in [0.3, 0.4) is 0 Å². The minimum Gasteiger partial charge on any atom is -0.481 e. The van der Waals surface area contributed by atoms with Gasteiger partial charge in [-0.25, -0.2) is 4.68 Å². The van der Waals surface area contributed by atoms with E-state index in [1.165, 1.54) is 13.2 Å². The summed E-state index contributed by atoms with van der Waals surface area (Å²) >= 11 is 5.73. The number of carboxylic acids is 1. The van der Waals surface area contributed by atoms with Crippen LogP contribution >= 0.6 is 11.6 Å². The molecule has 0 spiro atoms. The lowest BCUT2D eigenvalue weighted by molar-refractivity contribution is -0.136. The van der Waals surface area contributed by atoms with Gasteiger partial charge in [-0.2, -0.15) is 5.10 Å². The highest BCUT2D eigenvalue weighted by Gasteiger charge is 2.06. The third kappa shape index (κ3) is 2.95. The molecule has 0 aromatic carbocycles. The zero-order valence-electron chi connectivity index (χ0n) is 8.03. The van der Waals surface area contributed by atoms with E-state index in [0.717, 1.165) is 4.68 Å². The summed E-state index contributed by atoms with van der Waals surface area (Å²) in [6, 6.07) is 0. The summed E-state index contributed by atoms with van der Waals surface area (Å²) in [4.78, 5) is 21.5. The second-order valence-corrected chi connectivity index (χ2v) is 3.25. The van der Waals surface area contributed by atoms with Gasteiger partial charge in [-0.05, 0) is 0 Å². The molecule has 0 unspecified atom stereocenters. The Morgan fingerprint density at radius 1 is 1.73 bits per heavy atom. The Morgan fingerprint density at radius 3 is 3.00 bits per heavy atom. The largest absolute Gasteiger partial charge is 0.481 e. The molecule has 1 aromatic heterocycles. The van der Waals surface area contributed by atoms with Crippen LogP contribution in [0.1, 0.15) is 6.42 Å². The minimum atomic E-state index is -0.921. The number of aryl methyl sites for hydroxylation is 1. The predicted octanol–water partition coefficient (Wildman–Crippen LogP) is 0.320. The van der Waals surface area contributed by atoms with E-state index in [-0.39, 0.29) is 18.0 Å². The molecule has 0 aliphatic carbocycles. The van der Waals surface area contributed by atoms with Crippen molar-refractivity contribution in [3.8, 4) is 0 Å². The first-order valence-corrected chi connectivity index (χ1v) is 4.57. The summed E-state index contributed by atoms with van der Waals surface area (Å²) < 4.78 is 1.10. The topological polar surface area (TPSA) is 84.2 Å². The van der Waals surface area contributed by atoms with Crippen molar-refractivity contribution < 1.29 is 9.90 Å². The average molecular weight is 232 g/mol. The molecular weight excluding hydrogens is 222 g/mol. The van der Waals surface area contributed by atoms with Gasteiger partial charge in [0.05, 0.1) is 18.3 Å². The molecule has 15 heavy (non-hydrogen) atoms. The highest BCUT2D eigenvalue weighted by atomic mass is 35.5. The van der Waals surface area contributed by atoms with Crippen LogP contribution in [0.2, 0.25) is 5.02 Å². The lowest BCUT2D eigenvalue weighted by Crippen LogP contribution is -2.21. The number of anilines is 1. The molecule has 0 aliphatic heterocycles. The van der Waals surface area contributed by atoms with Crippen LogP contribution in [0.4, 0.5) is 5.69 Å². The maximum Gasteiger partial charge on any atom is 0.305 e. The second kappa shape index (κ2) is 4.79. The number of aliphatic carboxylic acids is 1. The predicted molar refractivity (Wildman–Crippen MR) is 55.2 cm³/mol. The van der Waals surface area contributed by atoms with Crippen molar-refractivity contribution in [2.45, 2.75) is 6.42 Å². The summed E-state index contributed by atoms with van der Waals surface area (Å²) in [6.07, 6.45) is 1.33. The number of nitrogens with one attached hydrogen (secondary N) is 1. The van der Waals surface area contributed by atoms with E-state index >= 15 is 0 Å². The molecule has 1 aromatic rings. The van der Waals surface area contributed by atoms with E-state index in [0.29, 0.717) is 5.69 Å². The van der Waals surface area contributed by atoms with Gasteiger partial charge in [0.1, 0.15) is 5.02 Å². The van der Waals surface area contributed by atoms with E-state index in [1.54, 1.807) is 0 Å². The highest BCUT2D eigenvalue weighted by molar-refractivity contribution is 6.32. The number of rotatable bonds is 4. The zero-order chi connectivity index (χ0) is 11.4. The molecule has 1 heterocycles. The maximum absolute atomic E-state index is 11.3. The van der Waals surface area contributed by atoms with E-state index in [4.69, 9.17) is 16.7 Å². The van der Waals surface area contributed by atoms with Crippen molar-refractivity contribution in [1.82, 2.24) is 9.78 Å². The fourth-order valence-electron chi connectivity index (χ4n) is 0.938. The van der Waals surface area contributed by atoms with E-state index < -0.39 is 11.5 Å². The fraction of sp³-hybridized carbons (Fsp3) is 0.375. The molecule has 0 aliphatic rings. The highest BCUT2D eigenvalue weighted by Crippen LogP contribution is 2.14. The molecule has 0 saturated heterocycles. The summed E-state index contributed by atoms with van der Waals surface area (Å²) in [7, 11) is 1.48. The molecule has 2 N–H and O–H groups in total. The minimum absolute atomic E-state index is 0.0119. The number of carbonyl (C=O) groups is 1. The number of halogens is 1. The van der Waals surface area contributed by atoms with Crippen molar-refractivity contribution in [3.05, 3.63) is 21.6 Å². The number of aromatic nitrogens is 2. The summed E-state index contributed by atoms with van der Waals surface area (Å²) in [5.74, 6) is -0.921. The van der Waals surface area contributed by atoms with Gasteiger partial charge in [-0.3, -0.25) is 9.59 Å². The molecule has 0 atom stereocenters. The smallest absolute Gasteiger partial charge is 0.305 e. The van der Waals surface area contributed by atoms with Crippen LogP contribution in [0.5, 0.6) is 0 Å². The van der Waals surface area contributed by atoms with Crippen LogP contribution in [-0.2, 0) is 11.8 Å². The van der Waals surface area contributed by atoms with Crippen LogP contribution in [0, 0.1) is 0 Å². The SMILES string of the molecule is Cn1ncc(NCCC(=O)O)c(Cl)c1=O. The number of hydrogen-bond donors (Lipinski definition) is 2. The third-order valence-electron chi connectivity index (χ3n) is 1.73. The van der Waals surface area contributed by atoms with Crippen LogP contribution in [0.15, 0.2) is 11.0 Å². The Kier molecular flexibility index (Phi) is 3.68. The Labute approximate surface area is 90.5 Å². The third-order valence-corrected chi connectivity index (χ3v) is 2.10. The summed E-state index contributed by atoms with van der Waals surface area (Å²) in [6.45, 7) is 0.198. The normalized spacial score (nSPS) is 10.0. The van der Waals surface area contributed by atoms with Gasteiger partial charge in [0.25, 0.3) is 5.56 Å². The molecule has 0 radical (unpaired) electrons. The molecular formula is C8H10ClN3O3. The molecule has 0 bridgehead atoms. The molecule has 0 amide bonds. The lowest BCUT2D eigenvalue weighted by Gasteiger charge is -2.06. The van der Waals surface area contributed by atoms with Gasteiger partial charge < -0.3 is 10.4 Å². The van der Waals surface area contributed by atoms with Crippen molar-refractivity contribution in [2.75, 3.05) is 11.9 Å². The summed E-state index contributed by atoms with van der Waals surface area (Å²) in [5, 5.41) is 14.9. The Morgan fingerprint density at radius 2 is 2.40 bits per heavy atom. The van der Waals surface area contributed by atoms with Gasteiger partial charge in [0, 0.05) is 13.6 Å².